The van der Waals surface area contributed by atoms with Crippen LogP contribution in [0.2, 0.25) is 0 Å². The van der Waals surface area contributed by atoms with Crippen LogP contribution in [0.5, 0.6) is 5.75 Å². The molecule has 1 atom stereocenters. The van der Waals surface area contributed by atoms with Crippen LogP contribution in [0, 0.1) is 0 Å². The smallest absolute Gasteiger partial charge is 0.161 e. The highest BCUT2D eigenvalue weighted by molar-refractivity contribution is 6.17. The fraction of sp³-hybridized carbons (Fsp3) is 0.727. The summed E-state index contributed by atoms with van der Waals surface area (Å²) in [5, 5.41) is 4.33. The maximum absolute atomic E-state index is 5.72. The zero-order chi connectivity index (χ0) is 12.8. The van der Waals surface area contributed by atoms with Gasteiger partial charge < -0.3 is 4.74 Å². The van der Waals surface area contributed by atoms with E-state index in [0.29, 0.717) is 5.88 Å². The summed E-state index contributed by atoms with van der Waals surface area (Å²) in [4.78, 5) is 0. The number of hydrazine groups is 1. The molecule has 17 heavy (non-hydrogen) atoms. The van der Waals surface area contributed by atoms with Gasteiger partial charge in [0.25, 0.3) is 0 Å². The summed E-state index contributed by atoms with van der Waals surface area (Å²) in [6.45, 7) is 4.15. The summed E-state index contributed by atoms with van der Waals surface area (Å²) in [6, 6.07) is 0.273. The van der Waals surface area contributed by atoms with Gasteiger partial charge in [-0.15, -0.1) is 11.6 Å². The number of rotatable bonds is 7. The fourth-order valence-electron chi connectivity index (χ4n) is 1.84. The molecule has 0 saturated carbocycles. The Bertz CT molecular complexity index is 340. The van der Waals surface area contributed by atoms with E-state index in [9.17, 15) is 0 Å². The molecule has 0 fully saturated rings. The zero-order valence-electron chi connectivity index (χ0n) is 10.6. The first-order valence-corrected chi connectivity index (χ1v) is 6.32. The van der Waals surface area contributed by atoms with E-state index in [1.165, 1.54) is 0 Å². The Balaban J connectivity index is 3.01. The second kappa shape index (κ2) is 6.83. The first-order valence-electron chi connectivity index (χ1n) is 5.79. The van der Waals surface area contributed by atoms with Crippen molar-refractivity contribution in [1.29, 1.82) is 0 Å². The molecule has 0 spiro atoms. The molecule has 0 aliphatic heterocycles. The average molecular weight is 261 g/mol. The van der Waals surface area contributed by atoms with Crippen LogP contribution >= 0.6 is 11.6 Å². The van der Waals surface area contributed by atoms with Crippen molar-refractivity contribution >= 4 is 11.6 Å². The predicted molar refractivity (Wildman–Crippen MR) is 69.2 cm³/mol. The maximum Gasteiger partial charge on any atom is 0.161 e. The topological polar surface area (TPSA) is 65.1 Å². The van der Waals surface area contributed by atoms with Crippen LogP contribution in [-0.2, 0) is 0 Å². The minimum Gasteiger partial charge on any atom is -0.493 e. The molecule has 1 aromatic rings. The van der Waals surface area contributed by atoms with Gasteiger partial charge in [0, 0.05) is 11.9 Å². The van der Waals surface area contributed by atoms with Crippen LogP contribution in [0.25, 0.3) is 0 Å². The molecular formula is C11H21ClN4O. The second-order valence-electron chi connectivity index (χ2n) is 4.19. The molecule has 98 valence electrons. The average Bonchev–Trinajstić information content (AvgIpc) is 2.74. The normalized spacial score (nSPS) is 13.1. The lowest BCUT2D eigenvalue weighted by Gasteiger charge is -2.20. The molecular weight excluding hydrogens is 240 g/mol. The predicted octanol–water partition coefficient (Wildman–Crippen LogP) is 2.00. The van der Waals surface area contributed by atoms with E-state index in [1.54, 1.807) is 13.3 Å². The summed E-state index contributed by atoms with van der Waals surface area (Å²) in [5.74, 6) is 6.99. The molecule has 0 aliphatic carbocycles. The molecule has 5 nitrogen and oxygen atoms in total. The van der Waals surface area contributed by atoms with Crippen LogP contribution in [0.15, 0.2) is 6.20 Å². The van der Waals surface area contributed by atoms with Crippen molar-refractivity contribution in [3.8, 4) is 5.75 Å². The van der Waals surface area contributed by atoms with Crippen molar-refractivity contribution in [2.45, 2.75) is 38.8 Å². The lowest BCUT2D eigenvalue weighted by atomic mass is 10.1. The van der Waals surface area contributed by atoms with E-state index in [0.717, 1.165) is 24.3 Å². The van der Waals surface area contributed by atoms with Gasteiger partial charge in [-0.3, -0.25) is 16.0 Å². The summed E-state index contributed by atoms with van der Waals surface area (Å²) < 4.78 is 7.26. The molecule has 0 amide bonds. The third kappa shape index (κ3) is 3.34. The number of ether oxygens (including phenoxy) is 1. The quantitative estimate of drug-likeness (QED) is 0.447. The number of nitrogens with two attached hydrogens (primary N) is 1. The van der Waals surface area contributed by atoms with Crippen LogP contribution in [0.3, 0.4) is 0 Å². The van der Waals surface area contributed by atoms with Gasteiger partial charge in [0.05, 0.1) is 25.0 Å². The van der Waals surface area contributed by atoms with Gasteiger partial charge in [-0.25, -0.2) is 0 Å². The van der Waals surface area contributed by atoms with E-state index < -0.39 is 0 Å². The van der Waals surface area contributed by atoms with Crippen molar-refractivity contribution in [2.24, 2.45) is 5.84 Å². The summed E-state index contributed by atoms with van der Waals surface area (Å²) in [6.07, 6.45) is 3.47. The number of aromatic nitrogens is 2. The molecule has 0 bridgehead atoms. The van der Waals surface area contributed by atoms with Gasteiger partial charge in [-0.05, 0) is 26.7 Å². The standard InChI is InChI=1S/C11H21ClN4O/c1-8(2)16-11(10(17-3)7-14-16)9(15-13)5-4-6-12/h7-9,15H,4-6,13H2,1-3H3. The Kier molecular flexibility index (Phi) is 5.74. The minimum atomic E-state index is 0.00796. The highest BCUT2D eigenvalue weighted by atomic mass is 35.5. The monoisotopic (exact) mass is 260 g/mol. The second-order valence-corrected chi connectivity index (χ2v) is 4.56. The van der Waals surface area contributed by atoms with Gasteiger partial charge in [0.15, 0.2) is 5.75 Å². The summed E-state index contributed by atoms with van der Waals surface area (Å²) in [5.41, 5.74) is 3.79. The fourth-order valence-corrected chi connectivity index (χ4v) is 1.99. The van der Waals surface area contributed by atoms with Crippen LogP contribution in [0.4, 0.5) is 0 Å². The Hall–Kier alpha value is -0.780. The molecule has 0 radical (unpaired) electrons. The molecule has 0 saturated heterocycles. The number of halogens is 1. The molecule has 3 N–H and O–H groups in total. The van der Waals surface area contributed by atoms with E-state index in [1.807, 2.05) is 4.68 Å². The SMILES string of the molecule is COc1cnn(C(C)C)c1C(CCCCl)NN. The third-order valence-corrected chi connectivity index (χ3v) is 2.93. The Morgan fingerprint density at radius 1 is 1.59 bits per heavy atom. The molecule has 0 aliphatic rings. The zero-order valence-corrected chi connectivity index (χ0v) is 11.4. The number of nitrogens with one attached hydrogen (secondary N) is 1. The van der Waals surface area contributed by atoms with Crippen molar-refractivity contribution in [3.05, 3.63) is 11.9 Å². The molecule has 6 heteroatoms. The molecule has 1 rings (SSSR count). The van der Waals surface area contributed by atoms with Gasteiger partial charge in [-0.2, -0.15) is 5.10 Å². The Morgan fingerprint density at radius 3 is 2.76 bits per heavy atom. The van der Waals surface area contributed by atoms with Crippen molar-refractivity contribution in [3.63, 3.8) is 0 Å². The largest absolute Gasteiger partial charge is 0.493 e. The first kappa shape index (κ1) is 14.3. The maximum atomic E-state index is 5.72. The summed E-state index contributed by atoms with van der Waals surface area (Å²) >= 11 is 5.72. The third-order valence-electron chi connectivity index (χ3n) is 2.67. The Morgan fingerprint density at radius 2 is 2.29 bits per heavy atom. The van der Waals surface area contributed by atoms with Gasteiger partial charge in [0.1, 0.15) is 0 Å². The van der Waals surface area contributed by atoms with Crippen LogP contribution < -0.4 is 16.0 Å². The van der Waals surface area contributed by atoms with E-state index in [4.69, 9.17) is 22.2 Å². The van der Waals surface area contributed by atoms with Crippen LogP contribution in [0.1, 0.15) is 44.5 Å². The number of methoxy groups -OCH3 is 1. The van der Waals surface area contributed by atoms with Gasteiger partial charge in [-0.1, -0.05) is 0 Å². The van der Waals surface area contributed by atoms with Crippen LogP contribution in [-0.4, -0.2) is 22.8 Å². The van der Waals surface area contributed by atoms with Gasteiger partial charge >= 0.3 is 0 Å². The number of alkyl halides is 1. The Labute approximate surface area is 107 Å². The van der Waals surface area contributed by atoms with Crippen molar-refractivity contribution in [2.75, 3.05) is 13.0 Å². The first-order chi connectivity index (χ1) is 8.15. The van der Waals surface area contributed by atoms with Crippen molar-refractivity contribution < 1.29 is 4.74 Å². The number of nitrogens with zero attached hydrogens (tertiary/aromatic N) is 2. The lowest BCUT2D eigenvalue weighted by Crippen LogP contribution is -2.30. The molecule has 1 unspecified atom stereocenters. The molecule has 1 aromatic heterocycles. The highest BCUT2D eigenvalue weighted by Gasteiger charge is 2.21. The number of hydrogen-bond donors (Lipinski definition) is 2. The highest BCUT2D eigenvalue weighted by Crippen LogP contribution is 2.29. The number of hydrogen-bond acceptors (Lipinski definition) is 4. The minimum absolute atomic E-state index is 0.00796. The molecule has 1 heterocycles. The lowest BCUT2D eigenvalue weighted by molar-refractivity contribution is 0.377. The van der Waals surface area contributed by atoms with E-state index in [2.05, 4.69) is 24.4 Å². The van der Waals surface area contributed by atoms with E-state index >= 15 is 0 Å². The molecule has 0 aromatic carbocycles. The van der Waals surface area contributed by atoms with Crippen molar-refractivity contribution in [1.82, 2.24) is 15.2 Å². The van der Waals surface area contributed by atoms with E-state index in [-0.39, 0.29) is 12.1 Å². The van der Waals surface area contributed by atoms with Gasteiger partial charge in [0.2, 0.25) is 0 Å². The summed E-state index contributed by atoms with van der Waals surface area (Å²) in [7, 11) is 1.64.